The van der Waals surface area contributed by atoms with Gasteiger partial charge in [-0.3, -0.25) is 4.79 Å². The molecule has 2 aromatic rings. The third-order valence-corrected chi connectivity index (χ3v) is 3.96. The van der Waals surface area contributed by atoms with Crippen LogP contribution < -0.4 is 15.8 Å². The molecule has 0 heterocycles. The SMILES string of the molecule is CC(C)COc1ccc(C(C)(C)NC(=O)Cc2ccc(N)cc2)cc1.Cl. The summed E-state index contributed by atoms with van der Waals surface area (Å²) >= 11 is 0. The third-order valence-electron chi connectivity index (χ3n) is 3.96. The van der Waals surface area contributed by atoms with Gasteiger partial charge in [-0.15, -0.1) is 12.4 Å². The second-order valence-electron chi connectivity index (χ2n) is 7.32. The molecule has 0 aliphatic heterocycles. The summed E-state index contributed by atoms with van der Waals surface area (Å²) in [6.45, 7) is 8.93. The van der Waals surface area contributed by atoms with Crippen LogP contribution in [-0.4, -0.2) is 12.5 Å². The van der Waals surface area contributed by atoms with E-state index in [1.54, 1.807) is 0 Å². The minimum absolute atomic E-state index is 0. The van der Waals surface area contributed by atoms with Crippen LogP contribution in [0.5, 0.6) is 5.75 Å². The summed E-state index contributed by atoms with van der Waals surface area (Å²) in [6, 6.07) is 15.3. The minimum Gasteiger partial charge on any atom is -0.493 e. The highest BCUT2D eigenvalue weighted by atomic mass is 35.5. The van der Waals surface area contributed by atoms with Crippen molar-refractivity contribution in [3.05, 3.63) is 59.7 Å². The molecule has 0 bridgehead atoms. The Labute approximate surface area is 162 Å². The fourth-order valence-electron chi connectivity index (χ4n) is 2.52. The van der Waals surface area contributed by atoms with Gasteiger partial charge in [0.1, 0.15) is 5.75 Å². The summed E-state index contributed by atoms with van der Waals surface area (Å²) in [4.78, 5) is 12.4. The lowest BCUT2D eigenvalue weighted by atomic mass is 9.93. The van der Waals surface area contributed by atoms with E-state index in [-0.39, 0.29) is 18.3 Å². The number of amides is 1. The Balaban J connectivity index is 0.00000338. The summed E-state index contributed by atoms with van der Waals surface area (Å²) in [6.07, 6.45) is 0.333. The van der Waals surface area contributed by atoms with Crippen molar-refractivity contribution in [3.63, 3.8) is 0 Å². The smallest absolute Gasteiger partial charge is 0.225 e. The fourth-order valence-corrected chi connectivity index (χ4v) is 2.52. The first-order chi connectivity index (χ1) is 11.8. The summed E-state index contributed by atoms with van der Waals surface area (Å²) < 4.78 is 5.71. The molecule has 0 aliphatic rings. The standard InChI is InChI=1S/C21H28N2O2.ClH/c1-15(2)14-25-19-11-7-17(8-12-19)21(3,4)23-20(24)13-16-5-9-18(22)10-6-16;/h5-12,15H,13-14,22H2,1-4H3,(H,23,24);1H. The number of hydrogen-bond acceptors (Lipinski definition) is 3. The van der Waals surface area contributed by atoms with Crippen LogP contribution >= 0.6 is 12.4 Å². The van der Waals surface area contributed by atoms with Gasteiger partial charge in [0.05, 0.1) is 18.6 Å². The van der Waals surface area contributed by atoms with E-state index in [0.29, 0.717) is 24.6 Å². The summed E-state index contributed by atoms with van der Waals surface area (Å²) in [5, 5.41) is 3.09. The van der Waals surface area contributed by atoms with Crippen molar-refractivity contribution in [1.82, 2.24) is 5.32 Å². The van der Waals surface area contributed by atoms with E-state index in [2.05, 4.69) is 19.2 Å². The Morgan fingerprint density at radius 3 is 2.19 bits per heavy atom. The lowest BCUT2D eigenvalue weighted by molar-refractivity contribution is -0.122. The average Bonchev–Trinajstić information content (AvgIpc) is 2.55. The van der Waals surface area contributed by atoms with Crippen LogP contribution in [0.2, 0.25) is 0 Å². The van der Waals surface area contributed by atoms with E-state index in [9.17, 15) is 4.79 Å². The van der Waals surface area contributed by atoms with Gasteiger partial charge in [0.15, 0.2) is 0 Å². The second-order valence-corrected chi connectivity index (χ2v) is 7.32. The molecule has 2 aromatic carbocycles. The molecule has 0 saturated heterocycles. The average molecular weight is 377 g/mol. The topological polar surface area (TPSA) is 64.3 Å². The van der Waals surface area contributed by atoms with Crippen LogP contribution in [0.25, 0.3) is 0 Å². The summed E-state index contributed by atoms with van der Waals surface area (Å²) in [7, 11) is 0. The predicted octanol–water partition coefficient (Wildman–Crippen LogP) is 4.32. The van der Waals surface area contributed by atoms with Crippen LogP contribution in [0.15, 0.2) is 48.5 Å². The fraction of sp³-hybridized carbons (Fsp3) is 0.381. The molecular formula is C21H29ClN2O2. The molecule has 0 unspecified atom stereocenters. The largest absolute Gasteiger partial charge is 0.493 e. The van der Waals surface area contributed by atoms with E-state index in [1.165, 1.54) is 0 Å². The van der Waals surface area contributed by atoms with Crippen LogP contribution in [0.3, 0.4) is 0 Å². The highest BCUT2D eigenvalue weighted by Crippen LogP contribution is 2.23. The maximum Gasteiger partial charge on any atom is 0.225 e. The molecule has 26 heavy (non-hydrogen) atoms. The lowest BCUT2D eigenvalue weighted by Gasteiger charge is -2.27. The molecule has 0 fully saturated rings. The van der Waals surface area contributed by atoms with Crippen molar-refractivity contribution in [2.45, 2.75) is 39.7 Å². The number of halogens is 1. The zero-order valence-electron chi connectivity index (χ0n) is 15.9. The molecule has 4 nitrogen and oxygen atoms in total. The van der Waals surface area contributed by atoms with E-state index in [4.69, 9.17) is 10.5 Å². The Morgan fingerprint density at radius 2 is 1.65 bits per heavy atom. The van der Waals surface area contributed by atoms with Gasteiger partial charge in [0, 0.05) is 5.69 Å². The summed E-state index contributed by atoms with van der Waals surface area (Å²) in [5.74, 6) is 1.32. The molecule has 142 valence electrons. The van der Waals surface area contributed by atoms with E-state index < -0.39 is 5.54 Å². The first-order valence-corrected chi connectivity index (χ1v) is 8.65. The Bertz CT molecular complexity index is 695. The van der Waals surface area contributed by atoms with Gasteiger partial charge in [-0.25, -0.2) is 0 Å². The van der Waals surface area contributed by atoms with Gasteiger partial charge in [-0.05, 0) is 55.2 Å². The molecule has 2 rings (SSSR count). The second kappa shape index (κ2) is 9.48. The van der Waals surface area contributed by atoms with Crippen molar-refractivity contribution >= 4 is 24.0 Å². The molecular weight excluding hydrogens is 348 g/mol. The van der Waals surface area contributed by atoms with Gasteiger partial charge in [0.2, 0.25) is 5.91 Å². The van der Waals surface area contributed by atoms with Crippen molar-refractivity contribution in [3.8, 4) is 5.75 Å². The molecule has 0 aromatic heterocycles. The number of ether oxygens (including phenoxy) is 1. The molecule has 0 saturated carbocycles. The van der Waals surface area contributed by atoms with Gasteiger partial charge in [-0.1, -0.05) is 38.1 Å². The first-order valence-electron chi connectivity index (χ1n) is 8.65. The van der Waals surface area contributed by atoms with Gasteiger partial charge >= 0.3 is 0 Å². The minimum atomic E-state index is -0.457. The van der Waals surface area contributed by atoms with Gasteiger partial charge < -0.3 is 15.8 Å². The molecule has 3 N–H and O–H groups in total. The highest BCUT2D eigenvalue weighted by Gasteiger charge is 2.22. The zero-order chi connectivity index (χ0) is 18.4. The van der Waals surface area contributed by atoms with Crippen LogP contribution in [0.4, 0.5) is 5.69 Å². The van der Waals surface area contributed by atoms with Crippen LogP contribution in [0, 0.1) is 5.92 Å². The van der Waals surface area contributed by atoms with Crippen molar-refractivity contribution in [2.75, 3.05) is 12.3 Å². The normalized spacial score (nSPS) is 11.0. The van der Waals surface area contributed by atoms with Crippen molar-refractivity contribution in [1.29, 1.82) is 0 Å². The molecule has 0 spiro atoms. The van der Waals surface area contributed by atoms with E-state index in [1.807, 2.05) is 62.4 Å². The predicted molar refractivity (Wildman–Crippen MR) is 110 cm³/mol. The number of anilines is 1. The number of carbonyl (C=O) groups is 1. The van der Waals surface area contributed by atoms with Gasteiger partial charge in [-0.2, -0.15) is 0 Å². The first kappa shape index (κ1) is 21.8. The number of hydrogen-bond donors (Lipinski definition) is 2. The van der Waals surface area contributed by atoms with Crippen molar-refractivity contribution < 1.29 is 9.53 Å². The molecule has 0 atom stereocenters. The molecule has 0 aliphatic carbocycles. The number of nitrogen functional groups attached to an aromatic ring is 1. The van der Waals surface area contributed by atoms with Crippen molar-refractivity contribution in [2.24, 2.45) is 5.92 Å². The monoisotopic (exact) mass is 376 g/mol. The molecule has 1 amide bonds. The van der Waals surface area contributed by atoms with Gasteiger partial charge in [0.25, 0.3) is 0 Å². The molecule has 5 heteroatoms. The van der Waals surface area contributed by atoms with E-state index in [0.717, 1.165) is 16.9 Å². The molecule has 0 radical (unpaired) electrons. The zero-order valence-corrected chi connectivity index (χ0v) is 16.7. The maximum absolute atomic E-state index is 12.4. The summed E-state index contributed by atoms with van der Waals surface area (Å²) in [5.41, 5.74) is 7.90. The van der Waals surface area contributed by atoms with Crippen LogP contribution in [-0.2, 0) is 16.8 Å². The van der Waals surface area contributed by atoms with E-state index >= 15 is 0 Å². The number of rotatable bonds is 7. The Hall–Kier alpha value is -2.20. The number of nitrogens with two attached hydrogens (primary N) is 1. The maximum atomic E-state index is 12.4. The van der Waals surface area contributed by atoms with Crippen LogP contribution in [0.1, 0.15) is 38.8 Å². The lowest BCUT2D eigenvalue weighted by Crippen LogP contribution is -2.41. The number of benzene rings is 2. The quantitative estimate of drug-likeness (QED) is 0.707. The Kier molecular flexibility index (Phi) is 7.97. The Morgan fingerprint density at radius 1 is 1.08 bits per heavy atom. The number of nitrogens with one attached hydrogen (secondary N) is 1. The number of carbonyl (C=O) groups excluding carboxylic acids is 1. The third kappa shape index (κ3) is 6.60. The highest BCUT2D eigenvalue weighted by molar-refractivity contribution is 5.85.